The molecule has 0 bridgehead atoms. The van der Waals surface area contributed by atoms with E-state index >= 15 is 0 Å². The molecule has 3 aromatic rings. The fourth-order valence-corrected chi connectivity index (χ4v) is 1.70. The van der Waals surface area contributed by atoms with E-state index < -0.39 is 17.7 Å². The second kappa shape index (κ2) is 3.83. The number of H-pyrrole nitrogens is 1. The monoisotopic (exact) mass is 249 g/mol. The maximum absolute atomic E-state index is 13.4. The molecule has 3 rings (SSSR count). The molecular formula is C12H6F3N3. The third-order valence-corrected chi connectivity index (χ3v) is 2.54. The Labute approximate surface area is 99.3 Å². The van der Waals surface area contributed by atoms with Crippen molar-refractivity contribution in [3.8, 4) is 11.4 Å². The Kier molecular flexibility index (Phi) is 2.29. The Morgan fingerprint density at radius 2 is 1.61 bits per heavy atom. The van der Waals surface area contributed by atoms with E-state index in [9.17, 15) is 13.2 Å². The van der Waals surface area contributed by atoms with Gasteiger partial charge in [-0.25, -0.2) is 4.98 Å². The average Bonchev–Trinajstić information content (AvgIpc) is 2.83. The van der Waals surface area contributed by atoms with Gasteiger partial charge in [-0.05, 0) is 0 Å². The van der Waals surface area contributed by atoms with Crippen LogP contribution < -0.4 is 0 Å². The van der Waals surface area contributed by atoms with E-state index in [0.29, 0.717) is 5.56 Å². The molecule has 0 atom stereocenters. The van der Waals surface area contributed by atoms with E-state index in [2.05, 4.69) is 15.0 Å². The second-order valence-electron chi connectivity index (χ2n) is 3.68. The fourth-order valence-electron chi connectivity index (χ4n) is 1.70. The summed E-state index contributed by atoms with van der Waals surface area (Å²) in [6.07, 6.45) is 0. The van der Waals surface area contributed by atoms with Crippen LogP contribution in [0.5, 0.6) is 0 Å². The van der Waals surface area contributed by atoms with Crippen LogP contribution in [0, 0.1) is 17.7 Å². The number of hydrogen-bond acceptors (Lipinski definition) is 2. The normalized spacial score (nSPS) is 11.1. The Morgan fingerprint density at radius 1 is 0.889 bits per heavy atom. The quantitative estimate of drug-likeness (QED) is 0.673. The number of pyridine rings is 1. The van der Waals surface area contributed by atoms with Gasteiger partial charge in [-0.1, -0.05) is 30.3 Å². The predicted molar refractivity (Wildman–Crippen MR) is 59.2 cm³/mol. The number of nitrogens with one attached hydrogen (secondary N) is 1. The van der Waals surface area contributed by atoms with Gasteiger partial charge in [0.2, 0.25) is 11.8 Å². The largest absolute Gasteiger partial charge is 0.334 e. The van der Waals surface area contributed by atoms with Gasteiger partial charge in [0.15, 0.2) is 0 Å². The van der Waals surface area contributed by atoms with E-state index in [4.69, 9.17) is 0 Å². The van der Waals surface area contributed by atoms with Crippen LogP contribution in [-0.4, -0.2) is 15.0 Å². The number of fused-ring (bicyclic) bond motifs is 1. The number of aromatic amines is 1. The fraction of sp³-hybridized carbons (Fsp3) is 0. The highest BCUT2D eigenvalue weighted by Gasteiger charge is 2.18. The van der Waals surface area contributed by atoms with Gasteiger partial charge in [-0.2, -0.15) is 18.2 Å². The first-order valence-electron chi connectivity index (χ1n) is 5.12. The van der Waals surface area contributed by atoms with Crippen LogP contribution in [0.4, 0.5) is 13.2 Å². The molecule has 1 aromatic carbocycles. The number of imidazole rings is 1. The van der Waals surface area contributed by atoms with Crippen molar-refractivity contribution in [2.24, 2.45) is 0 Å². The van der Waals surface area contributed by atoms with Gasteiger partial charge < -0.3 is 4.98 Å². The molecule has 2 aromatic heterocycles. The summed E-state index contributed by atoms with van der Waals surface area (Å²) in [5, 5.41) is 0. The molecule has 0 saturated heterocycles. The van der Waals surface area contributed by atoms with Crippen molar-refractivity contribution in [1.82, 2.24) is 15.0 Å². The summed E-state index contributed by atoms with van der Waals surface area (Å²) in [4.78, 5) is 9.28. The maximum Gasteiger partial charge on any atom is 0.253 e. The van der Waals surface area contributed by atoms with Crippen LogP contribution >= 0.6 is 0 Å². The van der Waals surface area contributed by atoms with Gasteiger partial charge >= 0.3 is 0 Å². The first-order chi connectivity index (χ1) is 8.66. The molecule has 1 N–H and O–H groups in total. The van der Waals surface area contributed by atoms with Gasteiger partial charge in [-0.3, -0.25) is 0 Å². The molecule has 0 aliphatic carbocycles. The number of benzene rings is 1. The Balaban J connectivity index is 2.29. The van der Waals surface area contributed by atoms with Crippen LogP contribution in [0.15, 0.2) is 30.3 Å². The topological polar surface area (TPSA) is 41.6 Å². The van der Waals surface area contributed by atoms with E-state index in [0.717, 1.165) is 0 Å². The van der Waals surface area contributed by atoms with Crippen molar-refractivity contribution in [1.29, 1.82) is 0 Å². The third kappa shape index (κ3) is 1.54. The second-order valence-corrected chi connectivity index (χ2v) is 3.68. The van der Waals surface area contributed by atoms with Crippen LogP contribution in [0.2, 0.25) is 0 Å². The molecule has 0 spiro atoms. The number of aromatic nitrogens is 3. The van der Waals surface area contributed by atoms with E-state index in [1.165, 1.54) is 0 Å². The van der Waals surface area contributed by atoms with Crippen molar-refractivity contribution in [3.63, 3.8) is 0 Å². The van der Waals surface area contributed by atoms with Gasteiger partial charge in [-0.15, -0.1) is 0 Å². The van der Waals surface area contributed by atoms with Crippen LogP contribution in [0.25, 0.3) is 22.4 Å². The van der Waals surface area contributed by atoms with E-state index in [1.54, 1.807) is 30.3 Å². The molecule has 18 heavy (non-hydrogen) atoms. The molecule has 0 amide bonds. The van der Waals surface area contributed by atoms with Gasteiger partial charge in [0.1, 0.15) is 16.9 Å². The highest BCUT2D eigenvalue weighted by Crippen LogP contribution is 2.24. The lowest BCUT2D eigenvalue weighted by molar-refractivity contribution is 0.457. The van der Waals surface area contributed by atoms with Crippen molar-refractivity contribution in [2.45, 2.75) is 0 Å². The summed E-state index contributed by atoms with van der Waals surface area (Å²) in [6, 6.07) is 8.76. The highest BCUT2D eigenvalue weighted by atomic mass is 19.2. The maximum atomic E-state index is 13.4. The molecule has 0 aliphatic heterocycles. The van der Waals surface area contributed by atoms with Crippen molar-refractivity contribution < 1.29 is 13.2 Å². The summed E-state index contributed by atoms with van der Waals surface area (Å²) in [5.74, 6) is -3.61. The summed E-state index contributed by atoms with van der Waals surface area (Å²) in [6.45, 7) is 0. The predicted octanol–water partition coefficient (Wildman–Crippen LogP) is 3.04. The summed E-state index contributed by atoms with van der Waals surface area (Å²) in [5.41, 5.74) is 0.0134. The molecule has 90 valence electrons. The molecule has 3 nitrogen and oxygen atoms in total. The molecule has 0 aliphatic rings. The van der Waals surface area contributed by atoms with Crippen molar-refractivity contribution >= 4 is 11.0 Å². The SMILES string of the molecule is Fc1nc(F)c2[nH]c(-c3ccccc3)nc2c1F. The first kappa shape index (κ1) is 10.8. The average molecular weight is 249 g/mol. The van der Waals surface area contributed by atoms with Gasteiger partial charge in [0.25, 0.3) is 5.95 Å². The zero-order valence-corrected chi connectivity index (χ0v) is 8.92. The lowest BCUT2D eigenvalue weighted by Gasteiger charge is -1.93. The molecule has 0 saturated carbocycles. The lowest BCUT2D eigenvalue weighted by Crippen LogP contribution is -1.95. The lowest BCUT2D eigenvalue weighted by atomic mass is 10.2. The minimum Gasteiger partial charge on any atom is -0.334 e. The number of hydrogen-bond donors (Lipinski definition) is 1. The van der Waals surface area contributed by atoms with E-state index in [1.807, 2.05) is 0 Å². The number of nitrogens with zero attached hydrogens (tertiary/aromatic N) is 2. The standard InChI is InChI=1S/C12H6F3N3/c13-7-8-9(11(15)18-10(7)14)17-12(16-8)6-4-2-1-3-5-6/h1-5H,(H,16,17). The third-order valence-electron chi connectivity index (χ3n) is 2.54. The Hall–Kier alpha value is -2.37. The molecular weight excluding hydrogens is 243 g/mol. The zero-order chi connectivity index (χ0) is 12.7. The van der Waals surface area contributed by atoms with Crippen LogP contribution in [-0.2, 0) is 0 Å². The zero-order valence-electron chi connectivity index (χ0n) is 8.92. The van der Waals surface area contributed by atoms with E-state index in [-0.39, 0.29) is 16.9 Å². The minimum atomic E-state index is -1.49. The summed E-state index contributed by atoms with van der Waals surface area (Å²) in [7, 11) is 0. The van der Waals surface area contributed by atoms with Crippen LogP contribution in [0.1, 0.15) is 0 Å². The molecule has 0 unspecified atom stereocenters. The molecule has 0 radical (unpaired) electrons. The van der Waals surface area contributed by atoms with Crippen LogP contribution in [0.3, 0.4) is 0 Å². The minimum absolute atomic E-state index is 0.243. The molecule has 0 fully saturated rings. The first-order valence-corrected chi connectivity index (χ1v) is 5.12. The summed E-state index contributed by atoms with van der Waals surface area (Å²) < 4.78 is 39.7. The van der Waals surface area contributed by atoms with Gasteiger partial charge in [0.05, 0.1) is 0 Å². The smallest absolute Gasteiger partial charge is 0.253 e. The van der Waals surface area contributed by atoms with Crippen molar-refractivity contribution in [2.75, 3.05) is 0 Å². The van der Waals surface area contributed by atoms with Crippen molar-refractivity contribution in [3.05, 3.63) is 48.0 Å². The number of halogens is 3. The van der Waals surface area contributed by atoms with Gasteiger partial charge in [0, 0.05) is 5.56 Å². The summed E-state index contributed by atoms with van der Waals surface area (Å²) >= 11 is 0. The Bertz CT molecular complexity index is 722. The molecule has 6 heteroatoms. The highest BCUT2D eigenvalue weighted by molar-refractivity contribution is 5.79. The Morgan fingerprint density at radius 3 is 2.33 bits per heavy atom. The molecule has 2 heterocycles. The number of rotatable bonds is 1.